The smallest absolute Gasteiger partial charge is 0.341 e. The number of carboxylic acids is 1. The number of nitrogens with zero attached hydrogens (tertiary/aromatic N) is 1. The third-order valence-corrected chi connectivity index (χ3v) is 5.70. The Kier molecular flexibility index (Phi) is 7.83. The summed E-state index contributed by atoms with van der Waals surface area (Å²) in [7, 11) is -3.60. The van der Waals surface area contributed by atoms with Crippen molar-refractivity contribution in [3.05, 3.63) is 29.3 Å². The molecule has 12 heteroatoms. The molecule has 0 amide bonds. The molecule has 1 aromatic rings. The fourth-order valence-corrected chi connectivity index (χ4v) is 3.91. The molecule has 142 valence electrons. The summed E-state index contributed by atoms with van der Waals surface area (Å²) in [6.07, 6.45) is -0.421. The van der Waals surface area contributed by atoms with Crippen molar-refractivity contribution in [3.8, 4) is 0 Å². The third kappa shape index (κ3) is 5.97. The Hall–Kier alpha value is -1.66. The number of alkyl halides is 1. The number of anilines is 1. The van der Waals surface area contributed by atoms with E-state index in [-0.39, 0.29) is 12.8 Å². The summed E-state index contributed by atoms with van der Waals surface area (Å²) in [4.78, 5) is 10.9. The van der Waals surface area contributed by atoms with Crippen molar-refractivity contribution < 1.29 is 40.3 Å². The van der Waals surface area contributed by atoms with Crippen LogP contribution in [0.5, 0.6) is 0 Å². The molecule has 0 heterocycles. The molecule has 0 spiro atoms. The first-order chi connectivity index (χ1) is 11.6. The number of hydrogen-bond donors (Lipinski definition) is 1. The van der Waals surface area contributed by atoms with Crippen molar-refractivity contribution in [2.75, 3.05) is 29.0 Å². The summed E-state index contributed by atoms with van der Waals surface area (Å²) >= 11 is -3.05. The van der Waals surface area contributed by atoms with Crippen LogP contribution in [-0.2, 0) is 21.1 Å². The Labute approximate surface area is 144 Å². The number of hydrogen-bond acceptors (Lipinski definition) is 5. The van der Waals surface area contributed by atoms with E-state index in [1.54, 1.807) is 0 Å². The summed E-state index contributed by atoms with van der Waals surface area (Å²) in [6.45, 7) is -1.29. The molecule has 25 heavy (non-hydrogen) atoms. The minimum Gasteiger partial charge on any atom is -0.755 e. The first kappa shape index (κ1) is 21.4. The number of benzene rings is 1. The molecule has 1 atom stereocenters. The molecule has 1 aromatic carbocycles. The number of halogens is 3. The molecule has 0 aliphatic carbocycles. The number of aromatic carboxylic acids is 1. The highest BCUT2D eigenvalue weighted by Gasteiger charge is 2.23. The molecular formula is C13H15F3NO6S2-. The molecular weight excluding hydrogens is 387 g/mol. The van der Waals surface area contributed by atoms with Gasteiger partial charge in [0.1, 0.15) is 21.2 Å². The Bertz CT molecular complexity index is 756. The van der Waals surface area contributed by atoms with Gasteiger partial charge in [0, 0.05) is 17.8 Å². The van der Waals surface area contributed by atoms with Crippen LogP contribution in [0.1, 0.15) is 23.2 Å². The highest BCUT2D eigenvalue weighted by Crippen LogP contribution is 2.26. The van der Waals surface area contributed by atoms with E-state index >= 15 is 0 Å². The molecule has 1 rings (SSSR count). The molecule has 0 fully saturated rings. The van der Waals surface area contributed by atoms with Crippen LogP contribution in [0.3, 0.4) is 0 Å². The fraction of sp³-hybridized carbons (Fsp3) is 0.462. The van der Waals surface area contributed by atoms with Gasteiger partial charge in [-0.1, -0.05) is 0 Å². The van der Waals surface area contributed by atoms with E-state index in [0.717, 1.165) is 6.07 Å². The summed E-state index contributed by atoms with van der Waals surface area (Å²) in [6, 6.07) is 1.34. The quantitative estimate of drug-likeness (QED) is 0.592. The standard InChI is InChI=1S/C13H16F3NO6S2/c14-5-1-7-25(22,23)8-2-6-17(24(20)21)10-4-3-9(15)11(12(10)16)13(18)19/h3-4H,1-2,5-8H2,(H,18,19)(H,20,21)/p-1. The van der Waals surface area contributed by atoms with E-state index in [4.69, 9.17) is 5.11 Å². The summed E-state index contributed by atoms with van der Waals surface area (Å²) < 4.78 is 85.6. The molecule has 0 radical (unpaired) electrons. The molecule has 0 bridgehead atoms. The first-order valence-corrected chi connectivity index (χ1v) is 9.80. The second-order valence-corrected chi connectivity index (χ2v) is 8.11. The molecule has 0 aliphatic heterocycles. The molecule has 0 aromatic heterocycles. The SMILES string of the molecule is O=C(O)c1c(F)ccc(N(CCCS(=O)(=O)CCCF)S(=O)[O-])c1F. The Morgan fingerprint density at radius 3 is 2.36 bits per heavy atom. The normalized spacial score (nSPS) is 12.8. The highest BCUT2D eigenvalue weighted by atomic mass is 32.2. The van der Waals surface area contributed by atoms with Crippen LogP contribution in [0.15, 0.2) is 12.1 Å². The molecule has 1 unspecified atom stereocenters. The molecule has 1 N–H and O–H groups in total. The van der Waals surface area contributed by atoms with Crippen LogP contribution in [0, 0.1) is 11.6 Å². The van der Waals surface area contributed by atoms with Crippen LogP contribution in [0.25, 0.3) is 0 Å². The topological polar surface area (TPSA) is 115 Å². The Morgan fingerprint density at radius 1 is 1.24 bits per heavy atom. The lowest BCUT2D eigenvalue weighted by Gasteiger charge is -2.27. The van der Waals surface area contributed by atoms with Gasteiger partial charge in [0.05, 0.1) is 23.9 Å². The van der Waals surface area contributed by atoms with Crippen molar-refractivity contribution in [1.29, 1.82) is 0 Å². The predicted molar refractivity (Wildman–Crippen MR) is 83.4 cm³/mol. The van der Waals surface area contributed by atoms with Gasteiger partial charge in [-0.2, -0.15) is 0 Å². The second-order valence-electron chi connectivity index (χ2n) is 4.93. The third-order valence-electron chi connectivity index (χ3n) is 3.14. The van der Waals surface area contributed by atoms with Crippen LogP contribution in [-0.4, -0.2) is 53.0 Å². The monoisotopic (exact) mass is 402 g/mol. The van der Waals surface area contributed by atoms with Crippen molar-refractivity contribution >= 4 is 32.8 Å². The highest BCUT2D eigenvalue weighted by molar-refractivity contribution is 7.91. The number of rotatable bonds is 10. The van der Waals surface area contributed by atoms with Gasteiger partial charge in [-0.05, 0) is 25.0 Å². The lowest BCUT2D eigenvalue weighted by Crippen LogP contribution is -2.30. The molecule has 0 saturated heterocycles. The zero-order valence-electron chi connectivity index (χ0n) is 12.8. The van der Waals surface area contributed by atoms with E-state index in [0.29, 0.717) is 10.4 Å². The van der Waals surface area contributed by atoms with Gasteiger partial charge in [0.25, 0.3) is 0 Å². The fourth-order valence-electron chi connectivity index (χ4n) is 2.01. The summed E-state index contributed by atoms with van der Waals surface area (Å²) in [5.41, 5.74) is -2.03. The Morgan fingerprint density at radius 2 is 1.84 bits per heavy atom. The zero-order chi connectivity index (χ0) is 19.2. The number of sulfone groups is 1. The van der Waals surface area contributed by atoms with Gasteiger partial charge in [-0.25, -0.2) is 22.0 Å². The molecule has 0 aliphatic rings. The van der Waals surface area contributed by atoms with Crippen LogP contribution >= 0.6 is 0 Å². The zero-order valence-corrected chi connectivity index (χ0v) is 14.4. The van der Waals surface area contributed by atoms with Gasteiger partial charge in [-0.3, -0.25) is 12.9 Å². The lowest BCUT2D eigenvalue weighted by molar-refractivity contribution is 0.0686. The van der Waals surface area contributed by atoms with Crippen molar-refractivity contribution in [1.82, 2.24) is 0 Å². The van der Waals surface area contributed by atoms with E-state index < -0.39 is 74.7 Å². The van der Waals surface area contributed by atoms with Crippen LogP contribution in [0.2, 0.25) is 0 Å². The Balaban J connectivity index is 2.98. The van der Waals surface area contributed by atoms with Crippen molar-refractivity contribution in [2.45, 2.75) is 12.8 Å². The van der Waals surface area contributed by atoms with Crippen molar-refractivity contribution in [2.24, 2.45) is 0 Å². The maximum absolute atomic E-state index is 14.1. The largest absolute Gasteiger partial charge is 0.755 e. The minimum atomic E-state index is -3.60. The molecule has 0 saturated carbocycles. The van der Waals surface area contributed by atoms with E-state index in [1.165, 1.54) is 0 Å². The average Bonchev–Trinajstić information content (AvgIpc) is 2.50. The number of carboxylic acid groups (broad SMARTS) is 1. The number of carbonyl (C=O) groups is 1. The van der Waals surface area contributed by atoms with E-state index in [1.807, 2.05) is 0 Å². The minimum absolute atomic E-state index is 0.186. The van der Waals surface area contributed by atoms with Crippen LogP contribution < -0.4 is 4.31 Å². The summed E-state index contributed by atoms with van der Waals surface area (Å²) in [5.74, 6) is -5.74. The van der Waals surface area contributed by atoms with Gasteiger partial charge < -0.3 is 9.66 Å². The first-order valence-electron chi connectivity index (χ1n) is 6.95. The van der Waals surface area contributed by atoms with E-state index in [2.05, 4.69) is 0 Å². The second kappa shape index (κ2) is 9.15. The maximum Gasteiger partial charge on any atom is 0.341 e. The van der Waals surface area contributed by atoms with Crippen LogP contribution in [0.4, 0.5) is 18.9 Å². The molecule has 7 nitrogen and oxygen atoms in total. The van der Waals surface area contributed by atoms with Crippen molar-refractivity contribution in [3.63, 3.8) is 0 Å². The lowest BCUT2D eigenvalue weighted by atomic mass is 10.1. The van der Waals surface area contributed by atoms with Gasteiger partial charge in [0.15, 0.2) is 5.82 Å². The van der Waals surface area contributed by atoms with Gasteiger partial charge in [-0.15, -0.1) is 0 Å². The van der Waals surface area contributed by atoms with Gasteiger partial charge >= 0.3 is 5.97 Å². The predicted octanol–water partition coefficient (Wildman–Crippen LogP) is 1.43. The maximum atomic E-state index is 14.1. The van der Waals surface area contributed by atoms with Gasteiger partial charge in [0.2, 0.25) is 0 Å². The van der Waals surface area contributed by atoms with E-state index in [9.17, 15) is 35.1 Å². The average molecular weight is 402 g/mol. The summed E-state index contributed by atoms with van der Waals surface area (Å²) in [5, 5.41) is 8.79.